The van der Waals surface area contributed by atoms with Gasteiger partial charge in [-0.1, -0.05) is 17.7 Å². The summed E-state index contributed by atoms with van der Waals surface area (Å²) >= 11 is 0. The zero-order chi connectivity index (χ0) is 14.1. The number of aliphatic hydroxyl groups is 1. The summed E-state index contributed by atoms with van der Waals surface area (Å²) in [6.45, 7) is 4.86. The number of benzene rings is 1. The maximum absolute atomic E-state index is 12.2. The van der Waals surface area contributed by atoms with E-state index in [1.54, 1.807) is 19.1 Å². The van der Waals surface area contributed by atoms with Gasteiger partial charge in [0, 0.05) is 13.1 Å². The standard InChI is InChI=1S/C13H20N2O3S/c1-10-3-4-12(11(2)7-10)19(17,18)15-9-13(16)5-6-14-8-13/h3-4,7,14-16H,5-6,8-9H2,1-2H3. The third-order valence-electron chi connectivity index (χ3n) is 3.43. The van der Waals surface area contributed by atoms with Crippen LogP contribution in [0.5, 0.6) is 0 Å². The monoisotopic (exact) mass is 284 g/mol. The molecule has 3 N–H and O–H groups in total. The predicted octanol–water partition coefficient (Wildman–Crippen LogP) is 0.306. The fourth-order valence-electron chi connectivity index (χ4n) is 2.29. The van der Waals surface area contributed by atoms with Gasteiger partial charge in [0.05, 0.1) is 10.5 Å². The average molecular weight is 284 g/mol. The van der Waals surface area contributed by atoms with E-state index in [9.17, 15) is 13.5 Å². The quantitative estimate of drug-likeness (QED) is 0.743. The van der Waals surface area contributed by atoms with Crippen molar-refractivity contribution in [3.05, 3.63) is 29.3 Å². The van der Waals surface area contributed by atoms with E-state index < -0.39 is 15.6 Å². The molecule has 0 radical (unpaired) electrons. The van der Waals surface area contributed by atoms with Gasteiger partial charge in [-0.2, -0.15) is 0 Å². The Hall–Kier alpha value is -0.950. The van der Waals surface area contributed by atoms with Crippen LogP contribution in [0.1, 0.15) is 17.5 Å². The molecule has 0 bridgehead atoms. The molecule has 1 aliphatic heterocycles. The molecule has 1 heterocycles. The summed E-state index contributed by atoms with van der Waals surface area (Å²) in [6, 6.07) is 5.21. The van der Waals surface area contributed by atoms with E-state index in [0.29, 0.717) is 25.1 Å². The highest BCUT2D eigenvalue weighted by molar-refractivity contribution is 7.89. The molecule has 1 aliphatic rings. The van der Waals surface area contributed by atoms with Crippen LogP contribution in [0.2, 0.25) is 0 Å². The molecular weight excluding hydrogens is 264 g/mol. The van der Waals surface area contributed by atoms with Gasteiger partial charge in [0.25, 0.3) is 0 Å². The minimum atomic E-state index is -3.57. The summed E-state index contributed by atoms with van der Waals surface area (Å²) in [5, 5.41) is 13.1. The van der Waals surface area contributed by atoms with Gasteiger partial charge >= 0.3 is 0 Å². The Morgan fingerprint density at radius 1 is 1.42 bits per heavy atom. The van der Waals surface area contributed by atoms with Gasteiger partial charge in [0.15, 0.2) is 0 Å². The highest BCUT2D eigenvalue weighted by Crippen LogP contribution is 2.18. The molecule has 1 saturated heterocycles. The van der Waals surface area contributed by atoms with Crippen LogP contribution in [0.25, 0.3) is 0 Å². The topological polar surface area (TPSA) is 78.4 Å². The highest BCUT2D eigenvalue weighted by Gasteiger charge is 2.32. The third kappa shape index (κ3) is 3.33. The van der Waals surface area contributed by atoms with Gasteiger partial charge in [-0.15, -0.1) is 0 Å². The minimum absolute atomic E-state index is 0.0374. The Labute approximate surface area is 114 Å². The molecule has 0 aromatic heterocycles. The molecule has 1 aromatic rings. The molecular formula is C13H20N2O3S. The predicted molar refractivity (Wildman–Crippen MR) is 73.5 cm³/mol. The van der Waals surface area contributed by atoms with Crippen LogP contribution in [-0.4, -0.2) is 38.8 Å². The van der Waals surface area contributed by atoms with Crippen molar-refractivity contribution in [2.24, 2.45) is 0 Å². The van der Waals surface area contributed by atoms with Gasteiger partial charge in [-0.3, -0.25) is 0 Å². The van der Waals surface area contributed by atoms with Crippen molar-refractivity contribution in [1.29, 1.82) is 0 Å². The largest absolute Gasteiger partial charge is 0.387 e. The molecule has 106 valence electrons. The molecule has 1 fully saturated rings. The first-order valence-electron chi connectivity index (χ1n) is 6.32. The third-order valence-corrected chi connectivity index (χ3v) is 4.99. The number of nitrogens with one attached hydrogen (secondary N) is 2. The second-order valence-corrected chi connectivity index (χ2v) is 6.98. The van der Waals surface area contributed by atoms with E-state index in [1.165, 1.54) is 0 Å². The Morgan fingerprint density at radius 3 is 2.74 bits per heavy atom. The molecule has 5 nitrogen and oxygen atoms in total. The first-order valence-corrected chi connectivity index (χ1v) is 7.81. The second kappa shape index (κ2) is 5.20. The Balaban J connectivity index is 2.14. The molecule has 6 heteroatoms. The summed E-state index contributed by atoms with van der Waals surface area (Å²) < 4.78 is 26.9. The molecule has 1 unspecified atom stereocenters. The molecule has 1 aromatic carbocycles. The lowest BCUT2D eigenvalue weighted by atomic mass is 10.1. The Kier molecular flexibility index (Phi) is 3.96. The molecule has 19 heavy (non-hydrogen) atoms. The van der Waals surface area contributed by atoms with E-state index in [2.05, 4.69) is 10.0 Å². The van der Waals surface area contributed by atoms with Crippen LogP contribution >= 0.6 is 0 Å². The van der Waals surface area contributed by atoms with Gasteiger partial charge in [0.1, 0.15) is 0 Å². The van der Waals surface area contributed by atoms with Crippen molar-refractivity contribution in [1.82, 2.24) is 10.0 Å². The van der Waals surface area contributed by atoms with Crippen molar-refractivity contribution in [2.75, 3.05) is 19.6 Å². The molecule has 0 aliphatic carbocycles. The normalized spacial score (nSPS) is 23.7. The van der Waals surface area contributed by atoms with Crippen LogP contribution in [0, 0.1) is 13.8 Å². The number of sulfonamides is 1. The van der Waals surface area contributed by atoms with Crippen LogP contribution in [0.15, 0.2) is 23.1 Å². The zero-order valence-corrected chi connectivity index (χ0v) is 12.0. The van der Waals surface area contributed by atoms with Crippen molar-refractivity contribution in [3.8, 4) is 0 Å². The Bertz CT molecular complexity index is 563. The summed E-state index contributed by atoms with van der Waals surface area (Å²) in [4.78, 5) is 0.271. The maximum atomic E-state index is 12.2. The van der Waals surface area contributed by atoms with Gasteiger partial charge in [0.2, 0.25) is 10.0 Å². The van der Waals surface area contributed by atoms with Gasteiger partial charge in [-0.25, -0.2) is 13.1 Å². The SMILES string of the molecule is Cc1ccc(S(=O)(=O)NCC2(O)CCNC2)c(C)c1. The van der Waals surface area contributed by atoms with Gasteiger partial charge in [-0.05, 0) is 38.4 Å². The molecule has 0 saturated carbocycles. The van der Waals surface area contributed by atoms with E-state index in [1.807, 2.05) is 13.0 Å². The van der Waals surface area contributed by atoms with Crippen molar-refractivity contribution in [3.63, 3.8) is 0 Å². The lowest BCUT2D eigenvalue weighted by Crippen LogP contribution is -2.44. The summed E-state index contributed by atoms with van der Waals surface area (Å²) in [6.07, 6.45) is 0.558. The number of aryl methyl sites for hydroxylation is 2. The lowest BCUT2D eigenvalue weighted by Gasteiger charge is -2.21. The first-order chi connectivity index (χ1) is 8.82. The van der Waals surface area contributed by atoms with E-state index in [-0.39, 0.29) is 11.4 Å². The summed E-state index contributed by atoms with van der Waals surface area (Å²) in [5.41, 5.74) is 0.755. The van der Waals surface area contributed by atoms with Crippen LogP contribution in [0.4, 0.5) is 0 Å². The van der Waals surface area contributed by atoms with Gasteiger partial charge < -0.3 is 10.4 Å². The lowest BCUT2D eigenvalue weighted by molar-refractivity contribution is 0.0667. The molecule has 2 rings (SSSR count). The van der Waals surface area contributed by atoms with Crippen LogP contribution in [-0.2, 0) is 10.0 Å². The molecule has 1 atom stereocenters. The number of β-amino-alcohol motifs (C(OH)–C–C–N with tert-alkyl or cyclic N) is 1. The summed E-state index contributed by atoms with van der Waals surface area (Å²) in [7, 11) is -3.57. The highest BCUT2D eigenvalue weighted by atomic mass is 32.2. The van der Waals surface area contributed by atoms with Crippen LogP contribution in [0.3, 0.4) is 0 Å². The second-order valence-electron chi connectivity index (χ2n) is 5.24. The average Bonchev–Trinajstić information content (AvgIpc) is 2.74. The number of hydrogen-bond donors (Lipinski definition) is 3. The van der Waals surface area contributed by atoms with E-state index in [0.717, 1.165) is 5.56 Å². The first kappa shape index (κ1) is 14.5. The number of hydrogen-bond acceptors (Lipinski definition) is 4. The van der Waals surface area contributed by atoms with Crippen molar-refractivity contribution >= 4 is 10.0 Å². The van der Waals surface area contributed by atoms with Crippen molar-refractivity contribution < 1.29 is 13.5 Å². The molecule has 0 spiro atoms. The summed E-state index contributed by atoms with van der Waals surface area (Å²) in [5.74, 6) is 0. The smallest absolute Gasteiger partial charge is 0.240 e. The minimum Gasteiger partial charge on any atom is -0.387 e. The maximum Gasteiger partial charge on any atom is 0.240 e. The van der Waals surface area contributed by atoms with E-state index >= 15 is 0 Å². The van der Waals surface area contributed by atoms with Crippen molar-refractivity contribution in [2.45, 2.75) is 30.8 Å². The number of rotatable bonds is 4. The van der Waals surface area contributed by atoms with Crippen LogP contribution < -0.4 is 10.0 Å². The zero-order valence-electron chi connectivity index (χ0n) is 11.2. The Morgan fingerprint density at radius 2 is 2.16 bits per heavy atom. The van der Waals surface area contributed by atoms with E-state index in [4.69, 9.17) is 0 Å². The fourth-order valence-corrected chi connectivity index (χ4v) is 3.63. The fraction of sp³-hybridized carbons (Fsp3) is 0.538. The molecule has 0 amide bonds.